The van der Waals surface area contributed by atoms with E-state index in [1.54, 1.807) is 7.11 Å². The van der Waals surface area contributed by atoms with Gasteiger partial charge in [0.25, 0.3) is 0 Å². The van der Waals surface area contributed by atoms with Gasteiger partial charge in [0.1, 0.15) is 0 Å². The van der Waals surface area contributed by atoms with E-state index in [-0.39, 0.29) is 0 Å². The Morgan fingerprint density at radius 2 is 2.05 bits per heavy atom. The molecule has 3 nitrogen and oxygen atoms in total. The SMILES string of the molecule is COCCNCC(=Cc1ccc(C#N)cc1)C(C)C. The number of methoxy groups -OCH3 is 1. The molecule has 0 atom stereocenters. The van der Waals surface area contributed by atoms with Gasteiger partial charge in [-0.2, -0.15) is 5.26 Å². The summed E-state index contributed by atoms with van der Waals surface area (Å²) in [6.45, 7) is 6.82. The second-order valence-corrected chi connectivity index (χ2v) is 4.78. The first kappa shape index (κ1) is 15.4. The molecular formula is C16H22N2O. The van der Waals surface area contributed by atoms with Gasteiger partial charge in [-0.3, -0.25) is 0 Å². The highest BCUT2D eigenvalue weighted by atomic mass is 16.5. The normalized spacial score (nSPS) is 11.6. The fourth-order valence-electron chi connectivity index (χ4n) is 1.70. The molecule has 0 aliphatic carbocycles. The molecule has 0 saturated carbocycles. The molecule has 102 valence electrons. The fourth-order valence-corrected chi connectivity index (χ4v) is 1.70. The number of hydrogen-bond acceptors (Lipinski definition) is 3. The summed E-state index contributed by atoms with van der Waals surface area (Å²) < 4.78 is 5.02. The third-order valence-corrected chi connectivity index (χ3v) is 2.95. The lowest BCUT2D eigenvalue weighted by molar-refractivity contribution is 0.200. The van der Waals surface area contributed by atoms with E-state index < -0.39 is 0 Å². The third-order valence-electron chi connectivity index (χ3n) is 2.95. The quantitative estimate of drug-likeness (QED) is 0.765. The van der Waals surface area contributed by atoms with Gasteiger partial charge in [0.2, 0.25) is 0 Å². The zero-order chi connectivity index (χ0) is 14.1. The fraction of sp³-hybridized carbons (Fsp3) is 0.438. The Hall–Kier alpha value is -1.63. The van der Waals surface area contributed by atoms with E-state index in [9.17, 15) is 0 Å². The average molecular weight is 258 g/mol. The molecule has 0 saturated heterocycles. The molecule has 1 N–H and O–H groups in total. The summed E-state index contributed by atoms with van der Waals surface area (Å²) in [6.07, 6.45) is 2.19. The van der Waals surface area contributed by atoms with Gasteiger partial charge in [-0.15, -0.1) is 0 Å². The summed E-state index contributed by atoms with van der Waals surface area (Å²) in [5.74, 6) is 0.491. The van der Waals surface area contributed by atoms with Gasteiger partial charge < -0.3 is 10.1 Å². The monoisotopic (exact) mass is 258 g/mol. The number of ether oxygens (including phenoxy) is 1. The first-order valence-electron chi connectivity index (χ1n) is 6.57. The van der Waals surface area contributed by atoms with Gasteiger partial charge in [-0.25, -0.2) is 0 Å². The lowest BCUT2D eigenvalue weighted by atomic mass is 10.00. The van der Waals surface area contributed by atoms with E-state index >= 15 is 0 Å². The number of nitriles is 1. The molecule has 1 aromatic carbocycles. The summed E-state index contributed by atoms with van der Waals surface area (Å²) in [5.41, 5.74) is 3.18. The molecule has 19 heavy (non-hydrogen) atoms. The van der Waals surface area contributed by atoms with Crippen molar-refractivity contribution in [3.8, 4) is 6.07 Å². The zero-order valence-corrected chi connectivity index (χ0v) is 11.9. The minimum Gasteiger partial charge on any atom is -0.383 e. The molecule has 0 fully saturated rings. The summed E-state index contributed by atoms with van der Waals surface area (Å²) in [4.78, 5) is 0. The lowest BCUT2D eigenvalue weighted by Crippen LogP contribution is -2.23. The Morgan fingerprint density at radius 3 is 2.58 bits per heavy atom. The Morgan fingerprint density at radius 1 is 1.37 bits per heavy atom. The van der Waals surface area contributed by atoms with Crippen LogP contribution in [-0.4, -0.2) is 26.8 Å². The van der Waals surface area contributed by atoms with Crippen molar-refractivity contribution < 1.29 is 4.74 Å². The van der Waals surface area contributed by atoms with E-state index in [4.69, 9.17) is 10.00 Å². The molecule has 0 unspecified atom stereocenters. The van der Waals surface area contributed by atoms with Crippen molar-refractivity contribution in [3.05, 3.63) is 41.0 Å². The van der Waals surface area contributed by atoms with E-state index in [1.807, 2.05) is 24.3 Å². The predicted octanol–water partition coefficient (Wildman–Crippen LogP) is 2.83. The molecule has 0 spiro atoms. The van der Waals surface area contributed by atoms with Crippen LogP contribution >= 0.6 is 0 Å². The Bertz CT molecular complexity index is 441. The van der Waals surface area contributed by atoms with Crippen LogP contribution in [0.15, 0.2) is 29.8 Å². The second-order valence-electron chi connectivity index (χ2n) is 4.78. The minimum absolute atomic E-state index is 0.491. The van der Waals surface area contributed by atoms with Crippen LogP contribution in [0.5, 0.6) is 0 Å². The first-order chi connectivity index (χ1) is 9.17. The first-order valence-corrected chi connectivity index (χ1v) is 6.57. The Balaban J connectivity index is 2.68. The molecule has 0 aliphatic rings. The molecule has 1 aromatic rings. The van der Waals surface area contributed by atoms with Crippen LogP contribution in [-0.2, 0) is 4.74 Å². The third kappa shape index (κ3) is 5.69. The van der Waals surface area contributed by atoms with E-state index in [1.165, 1.54) is 5.57 Å². The van der Waals surface area contributed by atoms with Gasteiger partial charge in [0.15, 0.2) is 0 Å². The van der Waals surface area contributed by atoms with Crippen LogP contribution in [0.2, 0.25) is 0 Å². The van der Waals surface area contributed by atoms with Crippen LogP contribution < -0.4 is 5.32 Å². The Kier molecular flexibility index (Phi) is 6.88. The highest BCUT2D eigenvalue weighted by Gasteiger charge is 2.03. The summed E-state index contributed by atoms with van der Waals surface area (Å²) >= 11 is 0. The molecule has 1 rings (SSSR count). The number of benzene rings is 1. The van der Waals surface area contributed by atoms with Crippen molar-refractivity contribution in [2.24, 2.45) is 5.92 Å². The molecule has 0 heterocycles. The molecule has 0 aromatic heterocycles. The maximum absolute atomic E-state index is 8.78. The van der Waals surface area contributed by atoms with Crippen molar-refractivity contribution in [2.75, 3.05) is 26.8 Å². The summed E-state index contributed by atoms with van der Waals surface area (Å²) in [6, 6.07) is 9.79. The van der Waals surface area contributed by atoms with E-state index in [2.05, 4.69) is 31.3 Å². The minimum atomic E-state index is 0.491. The molecule has 0 aliphatic heterocycles. The Labute approximate surface area is 115 Å². The number of nitrogens with zero attached hydrogens (tertiary/aromatic N) is 1. The van der Waals surface area contributed by atoms with Crippen molar-refractivity contribution in [2.45, 2.75) is 13.8 Å². The molecular weight excluding hydrogens is 236 g/mol. The largest absolute Gasteiger partial charge is 0.383 e. The highest BCUT2D eigenvalue weighted by Crippen LogP contribution is 2.14. The van der Waals surface area contributed by atoms with Crippen molar-refractivity contribution >= 4 is 6.08 Å². The second kappa shape index (κ2) is 8.47. The van der Waals surface area contributed by atoms with Crippen molar-refractivity contribution in [1.29, 1.82) is 5.26 Å². The van der Waals surface area contributed by atoms with Crippen molar-refractivity contribution in [3.63, 3.8) is 0 Å². The van der Waals surface area contributed by atoms with E-state index in [0.29, 0.717) is 11.5 Å². The zero-order valence-electron chi connectivity index (χ0n) is 11.9. The summed E-state index contributed by atoms with van der Waals surface area (Å²) in [7, 11) is 1.71. The lowest BCUT2D eigenvalue weighted by Gasteiger charge is -2.13. The number of rotatable bonds is 7. The van der Waals surface area contributed by atoms with Gasteiger partial charge in [-0.05, 0) is 23.6 Å². The van der Waals surface area contributed by atoms with Crippen LogP contribution in [0.4, 0.5) is 0 Å². The van der Waals surface area contributed by atoms with Crippen LogP contribution in [0.1, 0.15) is 25.0 Å². The highest BCUT2D eigenvalue weighted by molar-refractivity contribution is 5.54. The smallest absolute Gasteiger partial charge is 0.0991 e. The maximum atomic E-state index is 8.78. The van der Waals surface area contributed by atoms with Gasteiger partial charge >= 0.3 is 0 Å². The molecule has 3 heteroatoms. The van der Waals surface area contributed by atoms with Gasteiger partial charge in [0, 0.05) is 20.2 Å². The number of hydrogen-bond donors (Lipinski definition) is 1. The molecule has 0 bridgehead atoms. The van der Waals surface area contributed by atoms with Gasteiger partial charge in [-0.1, -0.05) is 37.6 Å². The van der Waals surface area contributed by atoms with Crippen molar-refractivity contribution in [1.82, 2.24) is 5.32 Å². The topological polar surface area (TPSA) is 45.0 Å². The maximum Gasteiger partial charge on any atom is 0.0991 e. The standard InChI is InChI=1S/C16H22N2O/c1-13(2)16(12-18-8-9-19-3)10-14-4-6-15(11-17)7-5-14/h4-7,10,13,18H,8-9,12H2,1-3H3. The van der Waals surface area contributed by atoms with Crippen LogP contribution in [0.25, 0.3) is 6.08 Å². The van der Waals surface area contributed by atoms with Crippen LogP contribution in [0.3, 0.4) is 0 Å². The van der Waals surface area contributed by atoms with E-state index in [0.717, 1.165) is 25.3 Å². The predicted molar refractivity (Wildman–Crippen MR) is 78.7 cm³/mol. The summed E-state index contributed by atoms with van der Waals surface area (Å²) in [5, 5.41) is 12.1. The van der Waals surface area contributed by atoms with Gasteiger partial charge in [0.05, 0.1) is 18.2 Å². The molecule has 0 amide bonds. The average Bonchev–Trinajstić information content (AvgIpc) is 2.42. The molecule has 0 radical (unpaired) electrons. The number of nitrogens with one attached hydrogen (secondary N) is 1. The van der Waals surface area contributed by atoms with Crippen LogP contribution in [0, 0.1) is 17.2 Å².